The van der Waals surface area contributed by atoms with E-state index < -0.39 is 23.8 Å². The van der Waals surface area contributed by atoms with E-state index in [-0.39, 0.29) is 35.9 Å². The van der Waals surface area contributed by atoms with E-state index in [1.807, 2.05) is 0 Å². The predicted molar refractivity (Wildman–Crippen MR) is 77.2 cm³/mol. The van der Waals surface area contributed by atoms with Crippen molar-refractivity contribution in [3.05, 3.63) is 12.2 Å². The fourth-order valence-electron chi connectivity index (χ4n) is 7.98. The van der Waals surface area contributed by atoms with Gasteiger partial charge in [-0.05, 0) is 60.2 Å². The molecule has 3 saturated carbocycles. The number of carboxylic acid groups (broad SMARTS) is 2. The summed E-state index contributed by atoms with van der Waals surface area (Å²) < 4.78 is 6.40. The fourth-order valence-corrected chi connectivity index (χ4v) is 7.98. The molecule has 6 aliphatic rings. The molecule has 2 saturated heterocycles. The van der Waals surface area contributed by atoms with Crippen molar-refractivity contribution >= 4 is 11.9 Å². The van der Waals surface area contributed by atoms with Crippen molar-refractivity contribution in [2.45, 2.75) is 25.0 Å². The van der Waals surface area contributed by atoms with Crippen molar-refractivity contribution in [1.82, 2.24) is 0 Å². The highest BCUT2D eigenvalue weighted by Gasteiger charge is 2.75. The van der Waals surface area contributed by atoms with Gasteiger partial charge in [0.25, 0.3) is 0 Å². The molecule has 0 amide bonds. The van der Waals surface area contributed by atoms with Gasteiger partial charge in [-0.3, -0.25) is 9.59 Å². The van der Waals surface area contributed by atoms with Crippen molar-refractivity contribution in [3.8, 4) is 0 Å². The Morgan fingerprint density at radius 2 is 1.26 bits per heavy atom. The minimum Gasteiger partial charge on any atom is -0.481 e. The Hall–Kier alpha value is -1.36. The SMILES string of the molecule is O=C(O)C1C2CC(C1C(=O)O)C1C3OC(C4C5C=CC(C5)C34)C21. The molecule has 12 unspecified atom stereocenters. The highest BCUT2D eigenvalue weighted by atomic mass is 16.5. The first-order chi connectivity index (χ1) is 11.1. The molecule has 12 atom stereocenters. The molecule has 5 nitrogen and oxygen atoms in total. The van der Waals surface area contributed by atoms with E-state index in [0.717, 1.165) is 6.42 Å². The molecular formula is C18H20O5. The maximum absolute atomic E-state index is 11.7. The van der Waals surface area contributed by atoms with Crippen LogP contribution in [-0.2, 0) is 14.3 Å². The molecule has 23 heavy (non-hydrogen) atoms. The summed E-state index contributed by atoms with van der Waals surface area (Å²) in [7, 11) is 0. The third kappa shape index (κ3) is 1.25. The number of allylic oxidation sites excluding steroid dienone is 2. The van der Waals surface area contributed by atoms with Gasteiger partial charge in [-0.1, -0.05) is 12.2 Å². The first-order valence-electron chi connectivity index (χ1n) is 8.87. The zero-order valence-corrected chi connectivity index (χ0v) is 12.6. The third-order valence-electron chi connectivity index (χ3n) is 8.27. The average Bonchev–Trinajstić information content (AvgIpc) is 3.28. The summed E-state index contributed by atoms with van der Waals surface area (Å²) in [5.74, 6) is -0.342. The van der Waals surface area contributed by atoms with Crippen LogP contribution in [-0.4, -0.2) is 34.4 Å². The topological polar surface area (TPSA) is 83.8 Å². The molecule has 2 aliphatic heterocycles. The minimum absolute atomic E-state index is 0.00246. The summed E-state index contributed by atoms with van der Waals surface area (Å²) in [4.78, 5) is 23.5. The van der Waals surface area contributed by atoms with E-state index in [1.165, 1.54) is 6.42 Å². The Bertz CT molecular complexity index is 604. The largest absolute Gasteiger partial charge is 0.481 e. The van der Waals surface area contributed by atoms with Gasteiger partial charge in [-0.15, -0.1) is 0 Å². The number of hydrogen-bond donors (Lipinski definition) is 2. The summed E-state index contributed by atoms with van der Waals surface area (Å²) in [6.07, 6.45) is 7.05. The standard InChI is InChI=1S/C18H20O5/c19-17(20)13-7-4-8(14(13)18(21)22)12-11(7)15-9-5-1-2-6(3-5)10(9)16(12)23-15/h1-2,5-16H,3-4H2,(H,19,20)(H,21,22). The van der Waals surface area contributed by atoms with Crippen LogP contribution in [0.3, 0.4) is 0 Å². The lowest BCUT2D eigenvalue weighted by atomic mass is 9.57. The molecule has 0 aromatic carbocycles. The van der Waals surface area contributed by atoms with Gasteiger partial charge in [0.2, 0.25) is 0 Å². The molecule has 5 heteroatoms. The lowest BCUT2D eigenvalue weighted by molar-refractivity contribution is -0.159. The Morgan fingerprint density at radius 3 is 1.70 bits per heavy atom. The first kappa shape index (κ1) is 13.0. The van der Waals surface area contributed by atoms with Gasteiger partial charge < -0.3 is 14.9 Å². The Kier molecular flexibility index (Phi) is 2.16. The molecule has 2 N–H and O–H groups in total. The number of fused-ring (bicyclic) bond motifs is 16. The van der Waals surface area contributed by atoms with Crippen LogP contribution in [0.5, 0.6) is 0 Å². The lowest BCUT2D eigenvalue weighted by Crippen LogP contribution is -2.50. The van der Waals surface area contributed by atoms with Gasteiger partial charge in [-0.25, -0.2) is 0 Å². The number of carboxylic acids is 2. The summed E-state index contributed by atoms with van der Waals surface area (Å²) in [6, 6.07) is 0. The van der Waals surface area contributed by atoms with E-state index in [4.69, 9.17) is 4.74 Å². The number of carbonyl (C=O) groups is 2. The van der Waals surface area contributed by atoms with Crippen LogP contribution in [0.15, 0.2) is 12.2 Å². The first-order valence-corrected chi connectivity index (χ1v) is 8.87. The Balaban J connectivity index is 1.42. The maximum atomic E-state index is 11.7. The number of aliphatic carboxylic acids is 2. The van der Waals surface area contributed by atoms with Crippen molar-refractivity contribution in [2.24, 2.45) is 59.2 Å². The van der Waals surface area contributed by atoms with Gasteiger partial charge in [-0.2, -0.15) is 0 Å². The molecule has 5 fully saturated rings. The van der Waals surface area contributed by atoms with Crippen molar-refractivity contribution in [2.75, 3.05) is 0 Å². The van der Waals surface area contributed by atoms with Crippen molar-refractivity contribution in [3.63, 3.8) is 0 Å². The lowest BCUT2D eigenvalue weighted by Gasteiger charge is -2.44. The second-order valence-corrected chi connectivity index (χ2v) is 8.61. The zero-order valence-electron chi connectivity index (χ0n) is 12.6. The van der Waals surface area contributed by atoms with Gasteiger partial charge >= 0.3 is 11.9 Å². The van der Waals surface area contributed by atoms with E-state index >= 15 is 0 Å². The average molecular weight is 316 g/mol. The monoisotopic (exact) mass is 316 g/mol. The molecular weight excluding hydrogens is 296 g/mol. The molecule has 0 radical (unpaired) electrons. The van der Waals surface area contributed by atoms with E-state index in [0.29, 0.717) is 23.7 Å². The number of rotatable bonds is 2. The molecule has 2 heterocycles. The van der Waals surface area contributed by atoms with E-state index in [2.05, 4.69) is 12.2 Å². The van der Waals surface area contributed by atoms with E-state index in [9.17, 15) is 19.8 Å². The second kappa shape index (κ2) is 3.82. The van der Waals surface area contributed by atoms with Gasteiger partial charge in [0, 0.05) is 0 Å². The summed E-state index contributed by atoms with van der Waals surface area (Å²) in [5, 5.41) is 19.2. The third-order valence-corrected chi connectivity index (χ3v) is 8.27. The van der Waals surface area contributed by atoms with Gasteiger partial charge in [0.05, 0.1) is 24.0 Å². The molecule has 122 valence electrons. The van der Waals surface area contributed by atoms with Crippen LogP contribution < -0.4 is 0 Å². The van der Waals surface area contributed by atoms with Crippen LogP contribution in [0.25, 0.3) is 0 Å². The predicted octanol–water partition coefficient (Wildman–Crippen LogP) is 1.49. The maximum Gasteiger partial charge on any atom is 0.307 e. The number of hydrogen-bond acceptors (Lipinski definition) is 3. The molecule has 4 aliphatic carbocycles. The van der Waals surface area contributed by atoms with Crippen LogP contribution in [0.1, 0.15) is 12.8 Å². The molecule has 6 rings (SSSR count). The molecule has 0 spiro atoms. The summed E-state index contributed by atoms with van der Waals surface area (Å²) in [5.41, 5.74) is 0. The quantitative estimate of drug-likeness (QED) is 0.754. The van der Waals surface area contributed by atoms with Crippen LogP contribution in [0.2, 0.25) is 0 Å². The molecule has 0 aromatic heterocycles. The molecule has 6 bridgehead atoms. The zero-order chi connectivity index (χ0) is 15.6. The summed E-state index contributed by atoms with van der Waals surface area (Å²) >= 11 is 0. The van der Waals surface area contributed by atoms with Gasteiger partial charge in [0.1, 0.15) is 0 Å². The highest BCUT2D eigenvalue weighted by Crippen LogP contribution is 2.72. The van der Waals surface area contributed by atoms with E-state index in [1.54, 1.807) is 0 Å². The second-order valence-electron chi connectivity index (χ2n) is 8.61. The van der Waals surface area contributed by atoms with Crippen LogP contribution in [0.4, 0.5) is 0 Å². The minimum atomic E-state index is -0.921. The number of ether oxygens (including phenoxy) is 1. The fraction of sp³-hybridized carbons (Fsp3) is 0.778. The Labute approximate surface area is 133 Å². The summed E-state index contributed by atoms with van der Waals surface area (Å²) in [6.45, 7) is 0. The smallest absolute Gasteiger partial charge is 0.307 e. The molecule has 0 aromatic rings. The van der Waals surface area contributed by atoms with Crippen molar-refractivity contribution < 1.29 is 24.5 Å². The van der Waals surface area contributed by atoms with Crippen LogP contribution in [0, 0.1) is 59.2 Å². The highest BCUT2D eigenvalue weighted by molar-refractivity contribution is 5.82. The normalized spacial score (nSPS) is 62.8. The van der Waals surface area contributed by atoms with Gasteiger partial charge in [0.15, 0.2) is 0 Å². The van der Waals surface area contributed by atoms with Crippen LogP contribution >= 0.6 is 0 Å². The Morgan fingerprint density at radius 1 is 0.783 bits per heavy atom. The van der Waals surface area contributed by atoms with Crippen molar-refractivity contribution in [1.29, 1.82) is 0 Å².